The van der Waals surface area contributed by atoms with Crippen molar-refractivity contribution in [1.29, 1.82) is 0 Å². The van der Waals surface area contributed by atoms with E-state index in [1.54, 1.807) is 0 Å². The van der Waals surface area contributed by atoms with Gasteiger partial charge in [0.25, 0.3) is 0 Å². The topological polar surface area (TPSA) is 20.2 Å². The molecule has 16 heavy (non-hydrogen) atoms. The standard InChI is InChI=1S/C15H22O/c1-11(2)10-15(16)9-8-12(3)13-6-4-5-7-14(13)15/h4-7,11-12,16H,8-10H2,1-3H3. The van der Waals surface area contributed by atoms with Gasteiger partial charge in [-0.05, 0) is 42.2 Å². The summed E-state index contributed by atoms with van der Waals surface area (Å²) in [7, 11) is 0. The Morgan fingerprint density at radius 1 is 1.38 bits per heavy atom. The molecule has 1 aromatic carbocycles. The van der Waals surface area contributed by atoms with Gasteiger partial charge >= 0.3 is 0 Å². The molecule has 0 heterocycles. The van der Waals surface area contributed by atoms with Gasteiger partial charge in [-0.25, -0.2) is 0 Å². The van der Waals surface area contributed by atoms with E-state index in [1.807, 2.05) is 6.07 Å². The van der Waals surface area contributed by atoms with E-state index in [9.17, 15) is 5.11 Å². The van der Waals surface area contributed by atoms with Crippen LogP contribution < -0.4 is 0 Å². The van der Waals surface area contributed by atoms with Crippen LogP contribution in [0.2, 0.25) is 0 Å². The highest BCUT2D eigenvalue weighted by molar-refractivity contribution is 5.37. The average Bonchev–Trinajstić information content (AvgIpc) is 2.24. The number of fused-ring (bicyclic) bond motifs is 1. The van der Waals surface area contributed by atoms with Crippen LogP contribution in [0.3, 0.4) is 0 Å². The largest absolute Gasteiger partial charge is 0.385 e. The van der Waals surface area contributed by atoms with Crippen LogP contribution >= 0.6 is 0 Å². The van der Waals surface area contributed by atoms with Gasteiger partial charge in [-0.3, -0.25) is 0 Å². The second-order valence-corrected chi connectivity index (χ2v) is 5.66. The average molecular weight is 218 g/mol. The van der Waals surface area contributed by atoms with Crippen LogP contribution in [0.15, 0.2) is 24.3 Å². The van der Waals surface area contributed by atoms with Gasteiger partial charge in [0.05, 0.1) is 5.60 Å². The molecule has 0 saturated heterocycles. The third-order valence-corrected chi connectivity index (χ3v) is 3.73. The molecule has 0 saturated carbocycles. The lowest BCUT2D eigenvalue weighted by Gasteiger charge is -2.38. The zero-order valence-corrected chi connectivity index (χ0v) is 10.5. The molecule has 1 aliphatic rings. The van der Waals surface area contributed by atoms with E-state index in [0.717, 1.165) is 19.3 Å². The van der Waals surface area contributed by atoms with Crippen molar-refractivity contribution in [2.75, 3.05) is 0 Å². The molecule has 0 bridgehead atoms. The van der Waals surface area contributed by atoms with E-state index in [2.05, 4.69) is 39.0 Å². The van der Waals surface area contributed by atoms with Gasteiger partial charge in [-0.15, -0.1) is 0 Å². The third kappa shape index (κ3) is 2.01. The molecule has 0 amide bonds. The molecular weight excluding hydrogens is 196 g/mol. The molecule has 1 N–H and O–H groups in total. The van der Waals surface area contributed by atoms with Crippen LogP contribution in [0.5, 0.6) is 0 Å². The van der Waals surface area contributed by atoms with Crippen molar-refractivity contribution >= 4 is 0 Å². The summed E-state index contributed by atoms with van der Waals surface area (Å²) in [6.07, 6.45) is 2.88. The molecule has 1 heteroatoms. The molecule has 1 aromatic rings. The minimum absolute atomic E-state index is 0.534. The summed E-state index contributed by atoms with van der Waals surface area (Å²) in [4.78, 5) is 0. The van der Waals surface area contributed by atoms with Crippen LogP contribution in [0.25, 0.3) is 0 Å². The molecule has 1 aliphatic carbocycles. The van der Waals surface area contributed by atoms with Gasteiger partial charge in [-0.2, -0.15) is 0 Å². The predicted molar refractivity (Wildman–Crippen MR) is 67.4 cm³/mol. The monoisotopic (exact) mass is 218 g/mol. The summed E-state index contributed by atoms with van der Waals surface area (Å²) in [5.41, 5.74) is 1.93. The van der Waals surface area contributed by atoms with Crippen LogP contribution in [0.1, 0.15) is 57.1 Å². The highest BCUT2D eigenvalue weighted by Gasteiger charge is 2.36. The summed E-state index contributed by atoms with van der Waals surface area (Å²) in [6.45, 7) is 6.62. The van der Waals surface area contributed by atoms with Crippen molar-refractivity contribution in [2.24, 2.45) is 5.92 Å². The maximum atomic E-state index is 10.8. The first-order valence-corrected chi connectivity index (χ1v) is 6.35. The fourth-order valence-corrected chi connectivity index (χ4v) is 2.98. The minimum atomic E-state index is -0.586. The number of rotatable bonds is 2. The molecule has 2 unspecified atom stereocenters. The number of aliphatic hydroxyl groups is 1. The lowest BCUT2D eigenvalue weighted by molar-refractivity contribution is -0.00410. The van der Waals surface area contributed by atoms with Crippen molar-refractivity contribution < 1.29 is 5.11 Å². The lowest BCUT2D eigenvalue weighted by atomic mass is 9.71. The Balaban J connectivity index is 2.41. The van der Waals surface area contributed by atoms with Gasteiger partial charge in [0.1, 0.15) is 0 Å². The van der Waals surface area contributed by atoms with Gasteiger partial charge in [-0.1, -0.05) is 45.0 Å². The molecule has 0 spiro atoms. The summed E-state index contributed by atoms with van der Waals surface area (Å²) in [6, 6.07) is 8.40. The Hall–Kier alpha value is -0.820. The van der Waals surface area contributed by atoms with Crippen molar-refractivity contribution in [3.8, 4) is 0 Å². The number of hydrogen-bond donors (Lipinski definition) is 1. The molecular formula is C15H22O. The van der Waals surface area contributed by atoms with Crippen molar-refractivity contribution in [3.05, 3.63) is 35.4 Å². The number of hydrogen-bond acceptors (Lipinski definition) is 1. The van der Waals surface area contributed by atoms with Gasteiger partial charge < -0.3 is 5.11 Å². The zero-order chi connectivity index (χ0) is 11.8. The zero-order valence-electron chi connectivity index (χ0n) is 10.5. The van der Waals surface area contributed by atoms with E-state index in [0.29, 0.717) is 11.8 Å². The number of benzene rings is 1. The molecule has 0 radical (unpaired) electrons. The summed E-state index contributed by atoms with van der Waals surface area (Å²) < 4.78 is 0. The fraction of sp³-hybridized carbons (Fsp3) is 0.600. The Bertz CT molecular complexity index is 369. The maximum absolute atomic E-state index is 10.8. The molecule has 1 nitrogen and oxygen atoms in total. The molecule has 0 fully saturated rings. The third-order valence-electron chi connectivity index (χ3n) is 3.73. The van der Waals surface area contributed by atoms with E-state index < -0.39 is 5.60 Å². The van der Waals surface area contributed by atoms with E-state index in [-0.39, 0.29) is 0 Å². The fourth-order valence-electron chi connectivity index (χ4n) is 2.98. The Morgan fingerprint density at radius 2 is 2.06 bits per heavy atom. The van der Waals surface area contributed by atoms with Crippen LogP contribution in [-0.4, -0.2) is 5.11 Å². The first-order valence-electron chi connectivity index (χ1n) is 6.35. The highest BCUT2D eigenvalue weighted by Crippen LogP contribution is 2.44. The normalized spacial score (nSPS) is 29.2. The second-order valence-electron chi connectivity index (χ2n) is 5.66. The molecule has 2 atom stereocenters. The van der Waals surface area contributed by atoms with Crippen molar-refractivity contribution in [2.45, 2.75) is 51.6 Å². The van der Waals surface area contributed by atoms with Crippen molar-refractivity contribution in [3.63, 3.8) is 0 Å². The van der Waals surface area contributed by atoms with Crippen LogP contribution in [0.4, 0.5) is 0 Å². The highest BCUT2D eigenvalue weighted by atomic mass is 16.3. The first kappa shape index (κ1) is 11.7. The van der Waals surface area contributed by atoms with E-state index in [4.69, 9.17) is 0 Å². The molecule has 0 aliphatic heterocycles. The Morgan fingerprint density at radius 3 is 2.75 bits per heavy atom. The quantitative estimate of drug-likeness (QED) is 0.800. The first-order chi connectivity index (χ1) is 7.53. The van der Waals surface area contributed by atoms with E-state index >= 15 is 0 Å². The minimum Gasteiger partial charge on any atom is -0.385 e. The Kier molecular flexibility index (Phi) is 3.07. The van der Waals surface area contributed by atoms with Crippen molar-refractivity contribution in [1.82, 2.24) is 0 Å². The Labute approximate surface area is 98.5 Å². The summed E-state index contributed by atoms with van der Waals surface area (Å²) in [5, 5.41) is 10.8. The van der Waals surface area contributed by atoms with Gasteiger partial charge in [0.2, 0.25) is 0 Å². The van der Waals surface area contributed by atoms with Gasteiger partial charge in [0.15, 0.2) is 0 Å². The summed E-state index contributed by atoms with van der Waals surface area (Å²) >= 11 is 0. The molecule has 0 aromatic heterocycles. The van der Waals surface area contributed by atoms with Crippen LogP contribution in [0, 0.1) is 5.92 Å². The SMILES string of the molecule is CC(C)CC1(O)CCC(C)c2ccccc21. The van der Waals surface area contributed by atoms with Gasteiger partial charge in [0, 0.05) is 0 Å². The lowest BCUT2D eigenvalue weighted by Crippen LogP contribution is -2.33. The second kappa shape index (κ2) is 4.21. The molecule has 88 valence electrons. The maximum Gasteiger partial charge on any atom is 0.0902 e. The predicted octanol–water partition coefficient (Wildman–Crippen LogP) is 3.82. The molecule has 2 rings (SSSR count). The van der Waals surface area contributed by atoms with E-state index in [1.165, 1.54) is 11.1 Å². The smallest absolute Gasteiger partial charge is 0.0902 e. The summed E-state index contributed by atoms with van der Waals surface area (Å²) in [5.74, 6) is 1.12. The van der Waals surface area contributed by atoms with Crippen LogP contribution in [-0.2, 0) is 5.60 Å².